The monoisotopic (exact) mass is 195 g/mol. The van der Waals surface area contributed by atoms with Gasteiger partial charge in [0, 0.05) is 6.20 Å². The van der Waals surface area contributed by atoms with Gasteiger partial charge in [0.25, 0.3) is 0 Å². The van der Waals surface area contributed by atoms with Crippen LogP contribution in [0.2, 0.25) is 0 Å². The first-order valence-corrected chi connectivity index (χ1v) is 4.70. The van der Waals surface area contributed by atoms with Crippen molar-refractivity contribution in [3.63, 3.8) is 0 Å². The fourth-order valence-electron chi connectivity index (χ4n) is 1.37. The fourth-order valence-corrected chi connectivity index (χ4v) is 1.37. The zero-order chi connectivity index (χ0) is 10.7. The van der Waals surface area contributed by atoms with Crippen molar-refractivity contribution in [2.75, 3.05) is 0 Å². The predicted octanol–water partition coefficient (Wildman–Crippen LogP) is 1.60. The van der Waals surface area contributed by atoms with Crippen LogP contribution in [0.4, 0.5) is 0 Å². The van der Waals surface area contributed by atoms with Crippen LogP contribution in [-0.2, 0) is 6.42 Å². The Kier molecular flexibility index (Phi) is 3.17. The summed E-state index contributed by atoms with van der Waals surface area (Å²) in [5, 5.41) is 13.4. The summed E-state index contributed by atoms with van der Waals surface area (Å²) in [6, 6.07) is 0. The smallest absolute Gasteiger partial charge is 0.145 e. The van der Waals surface area contributed by atoms with E-state index in [1.165, 1.54) is 0 Å². The molecule has 0 aliphatic rings. The first kappa shape index (κ1) is 10.6. The van der Waals surface area contributed by atoms with Crippen LogP contribution in [0.3, 0.4) is 0 Å². The van der Waals surface area contributed by atoms with Crippen molar-refractivity contribution in [3.05, 3.63) is 17.5 Å². The van der Waals surface area contributed by atoms with Crippen molar-refractivity contribution < 1.29 is 5.11 Å². The van der Waals surface area contributed by atoms with E-state index in [0.29, 0.717) is 17.2 Å². The molecule has 14 heavy (non-hydrogen) atoms. The highest BCUT2D eigenvalue weighted by atomic mass is 16.3. The summed E-state index contributed by atoms with van der Waals surface area (Å²) in [4.78, 5) is 3.03. The minimum Gasteiger partial charge on any atom is -0.505 e. The third kappa shape index (κ3) is 2.07. The molecule has 1 aromatic rings. The molecule has 4 heteroatoms. The molecular formula is C10H17N3O. The van der Waals surface area contributed by atoms with Crippen molar-refractivity contribution in [1.82, 2.24) is 4.98 Å². The molecule has 4 nitrogen and oxygen atoms in total. The molecule has 0 saturated heterocycles. The van der Waals surface area contributed by atoms with Gasteiger partial charge in [-0.1, -0.05) is 13.8 Å². The number of hydrazone groups is 1. The topological polar surface area (TPSA) is 74.4 Å². The third-order valence-electron chi connectivity index (χ3n) is 2.13. The van der Waals surface area contributed by atoms with Gasteiger partial charge in [-0.15, -0.1) is 0 Å². The molecule has 4 N–H and O–H groups in total. The van der Waals surface area contributed by atoms with Crippen LogP contribution in [-0.4, -0.2) is 15.8 Å². The molecule has 0 aromatic carbocycles. The largest absolute Gasteiger partial charge is 0.505 e. The Balaban J connectivity index is 2.96. The van der Waals surface area contributed by atoms with Gasteiger partial charge >= 0.3 is 0 Å². The molecule has 0 spiro atoms. The molecule has 0 saturated carbocycles. The van der Waals surface area contributed by atoms with Crippen LogP contribution < -0.4 is 5.84 Å². The van der Waals surface area contributed by atoms with Crippen LogP contribution in [0.15, 0.2) is 11.3 Å². The number of rotatable bonds is 3. The van der Waals surface area contributed by atoms with Crippen molar-refractivity contribution in [3.8, 4) is 5.75 Å². The molecule has 0 aliphatic carbocycles. The predicted molar refractivity (Wildman–Crippen MR) is 57.4 cm³/mol. The Bertz CT molecular complexity index is 339. The summed E-state index contributed by atoms with van der Waals surface area (Å²) in [5.41, 5.74) is 2.16. The van der Waals surface area contributed by atoms with Gasteiger partial charge in [0.1, 0.15) is 5.75 Å². The molecule has 1 rings (SSSR count). The van der Waals surface area contributed by atoms with Gasteiger partial charge in [-0.05, 0) is 19.3 Å². The Labute approximate surface area is 83.8 Å². The number of aromatic hydroxyl groups is 1. The Morgan fingerprint density at radius 1 is 1.64 bits per heavy atom. The number of H-pyrrole nitrogens is 1. The zero-order valence-electron chi connectivity index (χ0n) is 8.83. The van der Waals surface area contributed by atoms with E-state index in [1.807, 2.05) is 0 Å². The Hall–Kier alpha value is -1.45. The van der Waals surface area contributed by atoms with E-state index >= 15 is 0 Å². The Morgan fingerprint density at radius 2 is 2.29 bits per heavy atom. The maximum absolute atomic E-state index is 9.81. The summed E-state index contributed by atoms with van der Waals surface area (Å²) in [6.07, 6.45) is 2.56. The molecule has 0 unspecified atom stereocenters. The van der Waals surface area contributed by atoms with E-state index in [-0.39, 0.29) is 5.75 Å². The number of aromatic amines is 1. The van der Waals surface area contributed by atoms with Crippen molar-refractivity contribution in [1.29, 1.82) is 0 Å². The first-order valence-electron chi connectivity index (χ1n) is 4.70. The van der Waals surface area contributed by atoms with Crippen molar-refractivity contribution in [2.24, 2.45) is 16.9 Å². The zero-order valence-corrected chi connectivity index (χ0v) is 8.83. The summed E-state index contributed by atoms with van der Waals surface area (Å²) in [5.74, 6) is 5.92. The molecule has 0 aliphatic heterocycles. The molecule has 0 atom stereocenters. The lowest BCUT2D eigenvalue weighted by Crippen LogP contribution is -1.98. The minimum absolute atomic E-state index is 0.269. The van der Waals surface area contributed by atoms with E-state index in [1.54, 1.807) is 13.1 Å². The number of hydrogen-bond acceptors (Lipinski definition) is 3. The lowest BCUT2D eigenvalue weighted by atomic mass is 10.1. The van der Waals surface area contributed by atoms with Crippen LogP contribution >= 0.6 is 0 Å². The summed E-state index contributed by atoms with van der Waals surface area (Å²) < 4.78 is 0. The first-order chi connectivity index (χ1) is 6.56. The molecule has 1 heterocycles. The molecule has 0 bridgehead atoms. The molecule has 0 radical (unpaired) electrons. The average molecular weight is 195 g/mol. The summed E-state index contributed by atoms with van der Waals surface area (Å²) in [6.45, 7) is 5.97. The van der Waals surface area contributed by atoms with Crippen LogP contribution in [0, 0.1) is 5.92 Å². The van der Waals surface area contributed by atoms with Crippen LogP contribution in [0.5, 0.6) is 5.75 Å². The summed E-state index contributed by atoms with van der Waals surface area (Å²) >= 11 is 0. The van der Waals surface area contributed by atoms with Crippen molar-refractivity contribution >= 4 is 5.71 Å². The van der Waals surface area contributed by atoms with Gasteiger partial charge in [-0.3, -0.25) is 0 Å². The van der Waals surface area contributed by atoms with E-state index in [2.05, 4.69) is 23.9 Å². The van der Waals surface area contributed by atoms with E-state index in [0.717, 1.165) is 12.1 Å². The van der Waals surface area contributed by atoms with Crippen LogP contribution in [0.25, 0.3) is 0 Å². The number of nitrogens with one attached hydrogen (secondary N) is 1. The number of aromatic nitrogens is 1. The van der Waals surface area contributed by atoms with Gasteiger partial charge < -0.3 is 15.9 Å². The molecule has 78 valence electrons. The Morgan fingerprint density at radius 3 is 2.79 bits per heavy atom. The number of hydrogen-bond donors (Lipinski definition) is 3. The van der Waals surface area contributed by atoms with Gasteiger partial charge in [-0.25, -0.2) is 0 Å². The lowest BCUT2D eigenvalue weighted by Gasteiger charge is -2.03. The second-order valence-corrected chi connectivity index (χ2v) is 3.84. The second kappa shape index (κ2) is 4.17. The maximum Gasteiger partial charge on any atom is 0.145 e. The normalized spacial score (nSPS) is 12.4. The van der Waals surface area contributed by atoms with Gasteiger partial charge in [0.15, 0.2) is 0 Å². The lowest BCUT2D eigenvalue weighted by molar-refractivity contribution is 0.461. The van der Waals surface area contributed by atoms with Crippen LogP contribution in [0.1, 0.15) is 32.0 Å². The van der Waals surface area contributed by atoms with Gasteiger partial charge in [-0.2, -0.15) is 5.10 Å². The van der Waals surface area contributed by atoms with Crippen molar-refractivity contribution in [2.45, 2.75) is 27.2 Å². The number of nitrogens with two attached hydrogens (primary N) is 1. The third-order valence-corrected chi connectivity index (χ3v) is 2.13. The second-order valence-electron chi connectivity index (χ2n) is 3.84. The van der Waals surface area contributed by atoms with Gasteiger partial charge in [0.05, 0.1) is 17.0 Å². The summed E-state index contributed by atoms with van der Waals surface area (Å²) in [7, 11) is 0. The van der Waals surface area contributed by atoms with Gasteiger partial charge in [0.2, 0.25) is 0 Å². The highest BCUT2D eigenvalue weighted by molar-refractivity contribution is 6.01. The molecule has 0 fully saturated rings. The quantitative estimate of drug-likeness (QED) is 0.389. The standard InChI is InChI=1S/C10H17N3O/c1-6(2)4-9-10(14)8(5-12-9)7(3)13-11/h5-6,12,14H,4,11H2,1-3H3. The van der Waals surface area contributed by atoms with E-state index in [9.17, 15) is 5.11 Å². The number of nitrogens with zero attached hydrogens (tertiary/aromatic N) is 1. The molecular weight excluding hydrogens is 178 g/mol. The minimum atomic E-state index is 0.269. The average Bonchev–Trinajstić information content (AvgIpc) is 2.46. The highest BCUT2D eigenvalue weighted by Crippen LogP contribution is 2.24. The molecule has 0 amide bonds. The SMILES string of the molecule is CC(=NN)c1c[nH]c(CC(C)C)c1O. The molecule has 1 aromatic heterocycles. The maximum atomic E-state index is 9.81. The fraction of sp³-hybridized carbons (Fsp3) is 0.500. The van der Waals surface area contributed by atoms with E-state index < -0.39 is 0 Å². The highest BCUT2D eigenvalue weighted by Gasteiger charge is 2.12. The van der Waals surface area contributed by atoms with E-state index in [4.69, 9.17) is 5.84 Å².